The van der Waals surface area contributed by atoms with E-state index in [0.29, 0.717) is 12.8 Å². The summed E-state index contributed by atoms with van der Waals surface area (Å²) in [6, 6.07) is -1.00. The maximum atomic E-state index is 10.3. The lowest BCUT2D eigenvalue weighted by Crippen LogP contribution is -2.51. The van der Waals surface area contributed by atoms with Gasteiger partial charge in [0.05, 0.1) is 12.0 Å². The fourth-order valence-electron chi connectivity index (χ4n) is 1.23. The molecular formula is C8H19N7O4. The summed E-state index contributed by atoms with van der Waals surface area (Å²) in [5, 5.41) is 29.7. The molecule has 1 aliphatic rings. The van der Waals surface area contributed by atoms with Crippen LogP contribution in [0.25, 0.3) is 0 Å². The zero-order valence-corrected chi connectivity index (χ0v) is 10.2. The number of carboxylic acids is 1. The van der Waals surface area contributed by atoms with Gasteiger partial charge in [0.15, 0.2) is 0 Å². The van der Waals surface area contributed by atoms with Gasteiger partial charge in [0.2, 0.25) is 0 Å². The topological polar surface area (TPSA) is 239 Å². The van der Waals surface area contributed by atoms with E-state index in [2.05, 4.69) is 33.8 Å². The van der Waals surface area contributed by atoms with Crippen LogP contribution < -0.4 is 44.0 Å². The zero-order chi connectivity index (χ0) is 15.6. The van der Waals surface area contributed by atoms with Crippen molar-refractivity contribution in [1.82, 2.24) is 4.90 Å². The summed E-state index contributed by atoms with van der Waals surface area (Å²) in [4.78, 5) is 21.3. The Balaban J connectivity index is 0. The highest BCUT2D eigenvalue weighted by Crippen LogP contribution is 2.15. The third-order valence-corrected chi connectivity index (χ3v) is 1.76. The molecular weight excluding hydrogens is 258 g/mol. The minimum atomic E-state index is -1.43. The Bertz CT molecular complexity index is 306. The van der Waals surface area contributed by atoms with Gasteiger partial charge in [0.1, 0.15) is 6.09 Å². The second kappa shape index (κ2) is 9.32. The molecule has 11 nitrogen and oxygen atoms in total. The molecule has 0 aromatic heterocycles. The molecule has 110 valence electrons. The van der Waals surface area contributed by atoms with Crippen LogP contribution in [0.15, 0.2) is 0 Å². The first-order valence-corrected chi connectivity index (χ1v) is 5.04. The van der Waals surface area contributed by atoms with Gasteiger partial charge in [-0.05, 0) is 12.8 Å². The molecule has 1 aliphatic heterocycles. The van der Waals surface area contributed by atoms with Gasteiger partial charge >= 0.3 is 11.9 Å². The zero-order valence-electron chi connectivity index (χ0n) is 10.2. The van der Waals surface area contributed by atoms with E-state index < -0.39 is 18.1 Å². The first kappa shape index (κ1) is 18.6. The van der Waals surface area contributed by atoms with Gasteiger partial charge < -0.3 is 24.7 Å². The number of carbonyl (C=O) groups excluding carboxylic acids is 2. The second-order valence-corrected chi connectivity index (χ2v) is 3.44. The van der Waals surface area contributed by atoms with E-state index >= 15 is 0 Å². The number of rotatable bonds is 1. The fourth-order valence-corrected chi connectivity index (χ4v) is 1.23. The smallest absolute Gasteiger partial charge is 0.336 e. The maximum Gasteiger partial charge on any atom is 0.336 e. The Kier molecular flexibility index (Phi) is 9.15. The molecule has 1 rings (SSSR count). The van der Waals surface area contributed by atoms with Gasteiger partial charge in [-0.25, -0.2) is 0 Å². The van der Waals surface area contributed by atoms with Gasteiger partial charge in [0, 0.05) is 6.54 Å². The quantitative estimate of drug-likeness (QED) is 0.198. The third-order valence-electron chi connectivity index (χ3n) is 1.76. The molecule has 19 heavy (non-hydrogen) atoms. The van der Waals surface area contributed by atoms with Crippen LogP contribution in [-0.2, 0) is 4.79 Å². The number of aliphatic carboxylic acids is 1. The van der Waals surface area contributed by atoms with Gasteiger partial charge in [-0.15, -0.1) is 0 Å². The number of guanidine groups is 2. The highest BCUT2D eigenvalue weighted by Gasteiger charge is 2.24. The standard InChI is InChI=1S/C6H9NO4.2CH5N3/c8-5(9)4-2-1-3-7(4)6(10)11;2*2-1(3)4/h4H,1-3H2,(H,8,9)(H,10,11);2*(H5,2,3,4). The Morgan fingerprint density at radius 2 is 1.42 bits per heavy atom. The predicted octanol–water partition coefficient (Wildman–Crippen LogP) is -8.42. The fraction of sp³-hybridized carbons (Fsp3) is 0.500. The number of carboxylic acid groups (broad SMARTS) is 2. The Hall–Kier alpha value is -2.72. The molecule has 0 radical (unpaired) electrons. The van der Waals surface area contributed by atoms with Crippen molar-refractivity contribution in [1.29, 1.82) is 0 Å². The molecule has 0 bridgehead atoms. The molecule has 1 heterocycles. The average molecular weight is 277 g/mol. The molecule has 1 saturated heterocycles. The van der Waals surface area contributed by atoms with Crippen molar-refractivity contribution < 1.29 is 30.6 Å². The lowest BCUT2D eigenvalue weighted by atomic mass is 10.2. The number of carbonyl (C=O) groups is 2. The van der Waals surface area contributed by atoms with E-state index in [-0.39, 0.29) is 18.5 Å². The highest BCUT2D eigenvalue weighted by atomic mass is 16.4. The van der Waals surface area contributed by atoms with Crippen LogP contribution in [0, 0.1) is 0 Å². The van der Waals surface area contributed by atoms with E-state index in [1.165, 1.54) is 0 Å². The van der Waals surface area contributed by atoms with Crippen LogP contribution in [0.3, 0.4) is 0 Å². The van der Waals surface area contributed by atoms with E-state index in [4.69, 9.17) is 0 Å². The summed E-state index contributed by atoms with van der Waals surface area (Å²) in [6.07, 6.45) is -0.542. The number of amides is 1. The predicted molar refractivity (Wildman–Crippen MR) is 60.7 cm³/mol. The first-order valence-electron chi connectivity index (χ1n) is 5.04. The van der Waals surface area contributed by atoms with Crippen molar-refractivity contribution in [2.24, 2.45) is 22.9 Å². The summed E-state index contributed by atoms with van der Waals surface area (Å²) in [6.45, 7) is 0.237. The minimum absolute atomic E-state index is 0.0833. The van der Waals surface area contributed by atoms with Crippen LogP contribution in [0.1, 0.15) is 12.8 Å². The van der Waals surface area contributed by atoms with E-state index in [9.17, 15) is 19.8 Å². The minimum Gasteiger partial charge on any atom is -0.548 e. The largest absolute Gasteiger partial charge is 0.548 e. The van der Waals surface area contributed by atoms with Crippen molar-refractivity contribution in [2.45, 2.75) is 18.9 Å². The number of nitrogens with two attached hydrogens (primary N) is 6. The van der Waals surface area contributed by atoms with Crippen LogP contribution in [0.5, 0.6) is 0 Å². The monoisotopic (exact) mass is 277 g/mol. The van der Waals surface area contributed by atoms with Gasteiger partial charge in [0.25, 0.3) is 0 Å². The van der Waals surface area contributed by atoms with E-state index in [0.717, 1.165) is 4.90 Å². The van der Waals surface area contributed by atoms with Crippen LogP contribution in [0.4, 0.5) is 4.79 Å². The van der Waals surface area contributed by atoms with Crippen molar-refractivity contribution >= 4 is 24.0 Å². The molecule has 0 aromatic rings. The number of hydrogen-bond donors (Lipinski definition) is 6. The molecule has 0 aliphatic carbocycles. The summed E-state index contributed by atoms with van der Waals surface area (Å²) in [7, 11) is 0. The second-order valence-electron chi connectivity index (χ2n) is 3.44. The maximum absolute atomic E-state index is 10.3. The van der Waals surface area contributed by atoms with Crippen molar-refractivity contribution in [3.63, 3.8) is 0 Å². The Morgan fingerprint density at radius 1 is 1.05 bits per heavy atom. The molecule has 0 saturated carbocycles. The lowest BCUT2D eigenvalue weighted by molar-refractivity contribution is -0.314. The normalized spacial score (nSPS) is 16.2. The SMILES string of the molecule is NC(N)=[NH2+].NC(N)=[NH2+].O=C([O-])C1CCCN1C(=O)[O-]. The summed E-state index contributed by atoms with van der Waals surface area (Å²) >= 11 is 0. The molecule has 1 fully saturated rings. The molecule has 0 aromatic carbocycles. The molecule has 0 spiro atoms. The number of hydrogen-bond acceptors (Lipinski definition) is 4. The van der Waals surface area contributed by atoms with E-state index in [1.54, 1.807) is 0 Å². The molecule has 1 unspecified atom stereocenters. The van der Waals surface area contributed by atoms with Crippen molar-refractivity contribution in [2.75, 3.05) is 6.54 Å². The third kappa shape index (κ3) is 11.5. The summed E-state index contributed by atoms with van der Waals surface area (Å²) < 4.78 is 0. The summed E-state index contributed by atoms with van der Waals surface area (Å²) in [5.74, 6) is -1.51. The first-order chi connectivity index (χ1) is 8.59. The van der Waals surface area contributed by atoms with Gasteiger partial charge in [-0.3, -0.25) is 33.8 Å². The highest BCUT2D eigenvalue weighted by molar-refractivity contribution is 5.77. The molecule has 11 heteroatoms. The van der Waals surface area contributed by atoms with Gasteiger partial charge in [-0.1, -0.05) is 0 Å². The number of nitrogens with zero attached hydrogens (tertiary/aromatic N) is 1. The average Bonchev–Trinajstić information content (AvgIpc) is 2.63. The van der Waals surface area contributed by atoms with Crippen LogP contribution >= 0.6 is 0 Å². The number of likely N-dealkylation sites (tertiary alicyclic amines) is 1. The van der Waals surface area contributed by atoms with Crippen LogP contribution in [0.2, 0.25) is 0 Å². The Labute approximate surface area is 109 Å². The van der Waals surface area contributed by atoms with Crippen molar-refractivity contribution in [3.8, 4) is 0 Å². The molecule has 1 atom stereocenters. The molecule has 1 amide bonds. The van der Waals surface area contributed by atoms with Gasteiger partial charge in [-0.2, -0.15) is 0 Å². The molecule has 12 N–H and O–H groups in total. The van der Waals surface area contributed by atoms with Crippen molar-refractivity contribution in [3.05, 3.63) is 0 Å². The van der Waals surface area contributed by atoms with E-state index in [1.807, 2.05) is 0 Å². The summed E-state index contributed by atoms with van der Waals surface area (Å²) in [5.41, 5.74) is 18.3. The Morgan fingerprint density at radius 3 is 1.63 bits per heavy atom. The van der Waals surface area contributed by atoms with Crippen LogP contribution in [-0.4, -0.2) is 41.5 Å². The lowest BCUT2D eigenvalue weighted by Gasteiger charge is -2.27.